The van der Waals surface area contributed by atoms with Gasteiger partial charge < -0.3 is 9.88 Å². The van der Waals surface area contributed by atoms with Crippen molar-refractivity contribution in [1.82, 2.24) is 29.5 Å². The molecule has 4 aromatic heterocycles. The van der Waals surface area contributed by atoms with Crippen LogP contribution in [0.5, 0.6) is 0 Å². The van der Waals surface area contributed by atoms with Crippen molar-refractivity contribution in [2.24, 2.45) is 0 Å². The average molecular weight is 533 g/mol. The van der Waals surface area contributed by atoms with Crippen LogP contribution >= 0.6 is 11.3 Å². The molecule has 0 aliphatic carbocycles. The van der Waals surface area contributed by atoms with Crippen molar-refractivity contribution in [2.75, 3.05) is 6.54 Å². The van der Waals surface area contributed by atoms with E-state index in [0.29, 0.717) is 29.9 Å². The molecule has 1 aliphatic heterocycles. The van der Waals surface area contributed by atoms with Gasteiger partial charge in [-0.05, 0) is 77.7 Å². The molecule has 8 nitrogen and oxygen atoms in total. The highest BCUT2D eigenvalue weighted by Crippen LogP contribution is 2.35. The molecule has 9 heteroatoms. The number of fused-ring (bicyclic) bond motifs is 4. The van der Waals surface area contributed by atoms with Crippen LogP contribution in [-0.4, -0.2) is 41.9 Å². The zero-order valence-corrected chi connectivity index (χ0v) is 22.0. The normalized spacial score (nSPS) is 15.1. The van der Waals surface area contributed by atoms with Gasteiger partial charge >= 0.3 is 0 Å². The molecular weight excluding hydrogens is 508 g/mol. The van der Waals surface area contributed by atoms with E-state index in [-0.39, 0.29) is 23.2 Å². The van der Waals surface area contributed by atoms with Crippen LogP contribution in [0.25, 0.3) is 27.4 Å². The number of H-pyrrole nitrogens is 1. The number of thiophene rings is 1. The highest BCUT2D eigenvalue weighted by Gasteiger charge is 2.32. The molecule has 7 rings (SSSR count). The highest BCUT2D eigenvalue weighted by molar-refractivity contribution is 7.13. The molecular formula is C30H24N6O2S. The van der Waals surface area contributed by atoms with Crippen molar-refractivity contribution in [3.8, 4) is 10.7 Å². The molecule has 2 aromatic carbocycles. The fourth-order valence-corrected chi connectivity index (χ4v) is 6.32. The number of hydrogen-bond acceptors (Lipinski definition) is 6. The Labute approximate surface area is 227 Å². The Kier molecular flexibility index (Phi) is 5.59. The van der Waals surface area contributed by atoms with Gasteiger partial charge in [0.2, 0.25) is 5.65 Å². The molecule has 0 spiro atoms. The van der Waals surface area contributed by atoms with Crippen LogP contribution in [0.2, 0.25) is 0 Å². The number of rotatable bonds is 4. The van der Waals surface area contributed by atoms with Gasteiger partial charge in [-0.1, -0.05) is 30.3 Å². The fraction of sp³-hybridized carbons (Fsp3) is 0.167. The SMILES string of the molecule is Cc1cc2c(cc1C(=O)N1CCc3ccccc3C1Cc1ccncc1)[nH]c(=O)c1nnc(-c3cccs3)n12. The predicted molar refractivity (Wildman–Crippen MR) is 151 cm³/mol. The minimum atomic E-state index is -0.345. The van der Waals surface area contributed by atoms with Gasteiger partial charge in [0.25, 0.3) is 11.5 Å². The number of pyridine rings is 1. The van der Waals surface area contributed by atoms with Gasteiger partial charge in [0.15, 0.2) is 5.82 Å². The Morgan fingerprint density at radius 3 is 2.74 bits per heavy atom. The number of amides is 1. The maximum absolute atomic E-state index is 14.2. The standard InChI is InChI=1S/C30H24N6O2S/c1-18-15-25-23(32-29(37)28-34-33-27(36(25)28)26-7-4-14-39-26)17-22(18)30(38)35-13-10-20-5-2-3-6-21(20)24(35)16-19-8-11-31-12-9-19/h2-9,11-12,14-15,17,24H,10,13,16H2,1H3,(H,32,37). The summed E-state index contributed by atoms with van der Waals surface area (Å²) in [5.74, 6) is 0.561. The van der Waals surface area contributed by atoms with Gasteiger partial charge in [-0.25, -0.2) is 0 Å². The molecule has 192 valence electrons. The molecule has 0 saturated heterocycles. The number of aryl methyl sites for hydroxylation is 1. The molecule has 1 N–H and O–H groups in total. The number of aromatic nitrogens is 5. The van der Waals surface area contributed by atoms with Crippen LogP contribution in [0.15, 0.2) is 83.2 Å². The summed E-state index contributed by atoms with van der Waals surface area (Å²) in [4.78, 5) is 37.2. The molecule has 39 heavy (non-hydrogen) atoms. The highest BCUT2D eigenvalue weighted by atomic mass is 32.1. The lowest BCUT2D eigenvalue weighted by Crippen LogP contribution is -2.41. The van der Waals surface area contributed by atoms with E-state index in [2.05, 4.69) is 38.4 Å². The average Bonchev–Trinajstić information content (AvgIpc) is 3.65. The minimum absolute atomic E-state index is 0.0499. The van der Waals surface area contributed by atoms with E-state index in [1.54, 1.807) is 22.9 Å². The summed E-state index contributed by atoms with van der Waals surface area (Å²) < 4.78 is 1.78. The zero-order valence-electron chi connectivity index (χ0n) is 21.2. The topological polar surface area (TPSA) is 96.2 Å². The van der Waals surface area contributed by atoms with Gasteiger partial charge in [0, 0.05) is 24.5 Å². The van der Waals surface area contributed by atoms with Gasteiger partial charge in [-0.2, -0.15) is 0 Å². The van der Waals surface area contributed by atoms with Crippen LogP contribution in [0.1, 0.15) is 38.7 Å². The largest absolute Gasteiger partial charge is 0.331 e. The Morgan fingerprint density at radius 2 is 1.92 bits per heavy atom. The molecule has 0 saturated carbocycles. The Balaban J connectivity index is 1.34. The Morgan fingerprint density at radius 1 is 1.08 bits per heavy atom. The third-order valence-corrected chi connectivity index (χ3v) is 8.39. The zero-order chi connectivity index (χ0) is 26.5. The molecule has 0 fully saturated rings. The second-order valence-electron chi connectivity index (χ2n) is 9.82. The van der Waals surface area contributed by atoms with Crippen molar-refractivity contribution in [3.63, 3.8) is 0 Å². The van der Waals surface area contributed by atoms with Crippen molar-refractivity contribution in [1.29, 1.82) is 0 Å². The molecule has 0 bridgehead atoms. The number of nitrogens with one attached hydrogen (secondary N) is 1. The number of aromatic amines is 1. The van der Waals surface area contributed by atoms with E-state index in [0.717, 1.165) is 27.9 Å². The minimum Gasteiger partial charge on any atom is -0.331 e. The first-order valence-electron chi connectivity index (χ1n) is 12.8. The monoisotopic (exact) mass is 532 g/mol. The third-order valence-electron chi connectivity index (χ3n) is 7.52. The van der Waals surface area contributed by atoms with Crippen LogP contribution in [-0.2, 0) is 12.8 Å². The van der Waals surface area contributed by atoms with Crippen molar-refractivity contribution in [3.05, 3.63) is 117 Å². The molecule has 5 heterocycles. The van der Waals surface area contributed by atoms with E-state index in [1.165, 1.54) is 22.5 Å². The Hall–Kier alpha value is -4.63. The van der Waals surface area contributed by atoms with Crippen LogP contribution in [0.3, 0.4) is 0 Å². The van der Waals surface area contributed by atoms with Crippen molar-refractivity contribution in [2.45, 2.75) is 25.8 Å². The maximum atomic E-state index is 14.2. The fourth-order valence-electron chi connectivity index (χ4n) is 5.62. The lowest BCUT2D eigenvalue weighted by molar-refractivity contribution is 0.0659. The number of hydrogen-bond donors (Lipinski definition) is 1. The first-order chi connectivity index (χ1) is 19.1. The molecule has 6 aromatic rings. The summed E-state index contributed by atoms with van der Waals surface area (Å²) in [5, 5.41) is 10.4. The molecule has 1 amide bonds. The van der Waals surface area contributed by atoms with Gasteiger partial charge in [-0.3, -0.25) is 19.0 Å². The van der Waals surface area contributed by atoms with Crippen molar-refractivity contribution < 1.29 is 4.79 Å². The van der Waals surface area contributed by atoms with E-state index in [1.807, 2.05) is 53.6 Å². The summed E-state index contributed by atoms with van der Waals surface area (Å²) >= 11 is 1.54. The summed E-state index contributed by atoms with van der Waals surface area (Å²) in [5.41, 5.74) is 6.18. The van der Waals surface area contributed by atoms with Crippen LogP contribution < -0.4 is 5.56 Å². The maximum Gasteiger partial charge on any atom is 0.294 e. The number of carbonyl (C=O) groups excluding carboxylic acids is 1. The lowest BCUT2D eigenvalue weighted by Gasteiger charge is -2.38. The summed E-state index contributed by atoms with van der Waals surface area (Å²) in [6.07, 6.45) is 5.07. The quantitative estimate of drug-likeness (QED) is 0.345. The first-order valence-corrected chi connectivity index (χ1v) is 13.7. The number of carbonyl (C=O) groups is 1. The smallest absolute Gasteiger partial charge is 0.294 e. The van der Waals surface area contributed by atoms with E-state index in [4.69, 9.17) is 0 Å². The first kappa shape index (κ1) is 23.5. The summed E-state index contributed by atoms with van der Waals surface area (Å²) in [7, 11) is 0. The van der Waals surface area contributed by atoms with Crippen LogP contribution in [0, 0.1) is 6.92 Å². The summed E-state index contributed by atoms with van der Waals surface area (Å²) in [6.45, 7) is 2.56. The molecule has 1 unspecified atom stereocenters. The second kappa shape index (κ2) is 9.28. The van der Waals surface area contributed by atoms with E-state index in [9.17, 15) is 9.59 Å². The molecule has 0 radical (unpaired) electrons. The van der Waals surface area contributed by atoms with Gasteiger partial charge in [0.1, 0.15) is 0 Å². The van der Waals surface area contributed by atoms with Crippen molar-refractivity contribution >= 4 is 33.9 Å². The molecule has 1 atom stereocenters. The summed E-state index contributed by atoms with van der Waals surface area (Å²) in [6, 6.07) is 19.9. The second-order valence-corrected chi connectivity index (χ2v) is 10.8. The van der Waals surface area contributed by atoms with Crippen LogP contribution in [0.4, 0.5) is 0 Å². The van der Waals surface area contributed by atoms with Gasteiger partial charge in [0.05, 0.1) is 22.0 Å². The van der Waals surface area contributed by atoms with E-state index >= 15 is 0 Å². The third kappa shape index (κ3) is 3.93. The number of benzene rings is 2. The molecule has 1 aliphatic rings. The van der Waals surface area contributed by atoms with E-state index < -0.39 is 0 Å². The van der Waals surface area contributed by atoms with Gasteiger partial charge in [-0.15, -0.1) is 21.5 Å². The number of nitrogens with zero attached hydrogens (tertiary/aromatic N) is 5. The lowest BCUT2D eigenvalue weighted by atomic mass is 9.88. The Bertz CT molecular complexity index is 1910. The predicted octanol–water partition coefficient (Wildman–Crippen LogP) is 4.99.